The number of nitrogens with one attached hydrogen (secondary N) is 2. The summed E-state index contributed by atoms with van der Waals surface area (Å²) in [7, 11) is 1.69. The predicted octanol–water partition coefficient (Wildman–Crippen LogP) is 4.73. The van der Waals surface area contributed by atoms with E-state index < -0.39 is 0 Å². The van der Waals surface area contributed by atoms with Crippen molar-refractivity contribution in [3.05, 3.63) is 53.6 Å². The first-order valence-electron chi connectivity index (χ1n) is 8.54. The zero-order chi connectivity index (χ0) is 18.4. The summed E-state index contributed by atoms with van der Waals surface area (Å²) in [6.45, 7) is 1.99. The minimum atomic E-state index is 0.307. The van der Waals surface area contributed by atoms with E-state index >= 15 is 0 Å². The van der Waals surface area contributed by atoms with Gasteiger partial charge in [-0.3, -0.25) is 3.53 Å². The first-order chi connectivity index (χ1) is 12.7. The summed E-state index contributed by atoms with van der Waals surface area (Å²) in [4.78, 5) is 7.23. The molecule has 1 aliphatic heterocycles. The molecule has 7 heteroatoms. The van der Waals surface area contributed by atoms with Crippen molar-refractivity contribution in [3.63, 3.8) is 0 Å². The number of methoxy groups -OCH3 is 1. The van der Waals surface area contributed by atoms with Gasteiger partial charge in [0, 0.05) is 29.5 Å². The van der Waals surface area contributed by atoms with Crippen LogP contribution in [0.3, 0.4) is 0 Å². The standard InChI is InChI=1S/C19H22ClIN4O/c1-26-18-8-6-17(7-9-18)25-12-10-16(11-13-25)23-19(24-21)22-15-4-2-14(20)3-5-15/h2-9,16H,10-13H2,1H3,(H2,22,23,24). The Hall–Kier alpha value is -1.67. The van der Waals surface area contributed by atoms with Crippen LogP contribution in [0.1, 0.15) is 12.8 Å². The average molecular weight is 485 g/mol. The fraction of sp³-hybridized carbons (Fsp3) is 0.316. The van der Waals surface area contributed by atoms with E-state index in [0.717, 1.165) is 48.4 Å². The fourth-order valence-electron chi connectivity index (χ4n) is 2.98. The number of halogens is 2. The molecular weight excluding hydrogens is 463 g/mol. The minimum absolute atomic E-state index is 0.307. The molecule has 2 N–H and O–H groups in total. The molecular formula is C19H22ClIN4O. The lowest BCUT2D eigenvalue weighted by molar-refractivity contribution is 0.414. The number of benzene rings is 2. The summed E-state index contributed by atoms with van der Waals surface area (Å²) in [5.74, 6) is 1.66. The van der Waals surface area contributed by atoms with Gasteiger partial charge < -0.3 is 15.0 Å². The van der Waals surface area contributed by atoms with Crippen molar-refractivity contribution >= 4 is 51.8 Å². The van der Waals surface area contributed by atoms with Crippen molar-refractivity contribution in [2.45, 2.75) is 18.9 Å². The number of aliphatic imine (C=N–C) groups is 1. The number of hydrogen-bond acceptors (Lipinski definition) is 3. The maximum atomic E-state index is 5.93. The second-order valence-electron chi connectivity index (χ2n) is 6.12. The highest BCUT2D eigenvalue weighted by Gasteiger charge is 2.19. The van der Waals surface area contributed by atoms with Crippen LogP contribution < -0.4 is 18.5 Å². The Bertz CT molecular complexity index is 728. The largest absolute Gasteiger partial charge is 0.497 e. The van der Waals surface area contributed by atoms with Gasteiger partial charge in [0.2, 0.25) is 5.96 Å². The summed E-state index contributed by atoms with van der Waals surface area (Å²) in [6.07, 6.45) is 2.05. The van der Waals surface area contributed by atoms with Gasteiger partial charge in [0.25, 0.3) is 0 Å². The molecule has 1 fully saturated rings. The second kappa shape index (κ2) is 9.32. The highest BCUT2D eigenvalue weighted by atomic mass is 127. The van der Waals surface area contributed by atoms with E-state index in [4.69, 9.17) is 21.3 Å². The third-order valence-corrected chi connectivity index (χ3v) is 5.17. The van der Waals surface area contributed by atoms with E-state index in [-0.39, 0.29) is 0 Å². The first kappa shape index (κ1) is 19.1. The number of piperidine rings is 1. The topological polar surface area (TPSA) is 48.9 Å². The number of nitrogens with zero attached hydrogens (tertiary/aromatic N) is 2. The third kappa shape index (κ3) is 5.17. The van der Waals surface area contributed by atoms with Gasteiger partial charge in [-0.2, -0.15) is 0 Å². The molecule has 0 aliphatic carbocycles. The normalized spacial score (nSPS) is 15.7. The number of guanidine groups is 1. The van der Waals surface area contributed by atoms with Gasteiger partial charge in [-0.1, -0.05) is 11.6 Å². The molecule has 0 bridgehead atoms. The molecule has 1 heterocycles. The van der Waals surface area contributed by atoms with Gasteiger partial charge in [0.15, 0.2) is 0 Å². The molecule has 1 saturated heterocycles. The van der Waals surface area contributed by atoms with Gasteiger partial charge in [0.05, 0.1) is 36.0 Å². The van der Waals surface area contributed by atoms with Gasteiger partial charge in [-0.15, -0.1) is 0 Å². The predicted molar refractivity (Wildman–Crippen MR) is 118 cm³/mol. The average Bonchev–Trinajstić information content (AvgIpc) is 2.70. The summed E-state index contributed by atoms with van der Waals surface area (Å²) in [5, 5.41) is 4.03. The first-order valence-corrected chi connectivity index (χ1v) is 9.99. The molecule has 0 radical (unpaired) electrons. The zero-order valence-electron chi connectivity index (χ0n) is 14.6. The Morgan fingerprint density at radius 3 is 2.35 bits per heavy atom. The Balaban J connectivity index is 1.57. The molecule has 138 valence electrons. The molecule has 1 aliphatic rings. The van der Waals surface area contributed by atoms with Crippen LogP contribution >= 0.6 is 34.5 Å². The fourth-order valence-corrected chi connectivity index (χ4v) is 3.38. The number of anilines is 2. The zero-order valence-corrected chi connectivity index (χ0v) is 17.5. The molecule has 0 unspecified atom stereocenters. The lowest BCUT2D eigenvalue weighted by atomic mass is 10.0. The van der Waals surface area contributed by atoms with Crippen LogP contribution in [0.25, 0.3) is 0 Å². The van der Waals surface area contributed by atoms with Crippen LogP contribution in [-0.2, 0) is 0 Å². The van der Waals surface area contributed by atoms with Crippen molar-refractivity contribution in [1.29, 1.82) is 0 Å². The Labute approximate surface area is 173 Å². The van der Waals surface area contributed by atoms with Gasteiger partial charge >= 0.3 is 0 Å². The third-order valence-electron chi connectivity index (χ3n) is 4.41. The number of hydrogen-bond donors (Lipinski definition) is 2. The number of rotatable bonds is 4. The van der Waals surface area contributed by atoms with Gasteiger partial charge in [0.1, 0.15) is 5.75 Å². The van der Waals surface area contributed by atoms with Crippen LogP contribution in [0.15, 0.2) is 53.5 Å². The molecule has 0 amide bonds. The van der Waals surface area contributed by atoms with Crippen molar-refractivity contribution in [2.75, 3.05) is 30.4 Å². The van der Waals surface area contributed by atoms with Crippen molar-refractivity contribution in [2.24, 2.45) is 4.99 Å². The Kier molecular flexibility index (Phi) is 6.85. The molecule has 0 spiro atoms. The van der Waals surface area contributed by atoms with E-state index in [1.54, 1.807) is 7.11 Å². The number of ether oxygens (including phenoxy) is 1. The second-order valence-corrected chi connectivity index (χ2v) is 7.10. The van der Waals surface area contributed by atoms with Crippen LogP contribution in [0.4, 0.5) is 11.4 Å². The molecule has 26 heavy (non-hydrogen) atoms. The lowest BCUT2D eigenvalue weighted by Crippen LogP contribution is -2.36. The molecule has 5 nitrogen and oxygen atoms in total. The summed E-state index contributed by atoms with van der Waals surface area (Å²) in [5.41, 5.74) is 2.20. The maximum absolute atomic E-state index is 5.93. The SMILES string of the molecule is COc1ccc(N2CCC(N=C(NI)Nc3ccc(Cl)cc3)CC2)cc1. The summed E-state index contributed by atoms with van der Waals surface area (Å²) in [6, 6.07) is 16.2. The van der Waals surface area contributed by atoms with Crippen LogP contribution in [0.2, 0.25) is 5.02 Å². The molecule has 0 aromatic heterocycles. The van der Waals surface area contributed by atoms with E-state index in [1.807, 2.05) is 36.4 Å². The molecule has 2 aromatic rings. The van der Waals surface area contributed by atoms with Crippen molar-refractivity contribution in [3.8, 4) is 5.75 Å². The van der Waals surface area contributed by atoms with Crippen LogP contribution in [0, 0.1) is 0 Å². The smallest absolute Gasteiger partial charge is 0.204 e. The van der Waals surface area contributed by atoms with Crippen molar-refractivity contribution in [1.82, 2.24) is 3.53 Å². The highest BCUT2D eigenvalue weighted by molar-refractivity contribution is 14.1. The molecule has 2 aromatic carbocycles. The highest BCUT2D eigenvalue weighted by Crippen LogP contribution is 2.24. The lowest BCUT2D eigenvalue weighted by Gasteiger charge is -2.32. The molecule has 0 atom stereocenters. The van der Waals surface area contributed by atoms with Crippen molar-refractivity contribution < 1.29 is 4.74 Å². The quantitative estimate of drug-likeness (QED) is 0.285. The monoisotopic (exact) mass is 484 g/mol. The maximum Gasteiger partial charge on any atom is 0.204 e. The van der Waals surface area contributed by atoms with Gasteiger partial charge in [-0.25, -0.2) is 4.99 Å². The van der Waals surface area contributed by atoms with Crippen LogP contribution in [0.5, 0.6) is 5.75 Å². The Morgan fingerprint density at radius 1 is 1.12 bits per heavy atom. The molecule has 0 saturated carbocycles. The Morgan fingerprint density at radius 2 is 1.77 bits per heavy atom. The summed E-state index contributed by atoms with van der Waals surface area (Å²) < 4.78 is 8.34. The van der Waals surface area contributed by atoms with E-state index in [0.29, 0.717) is 6.04 Å². The van der Waals surface area contributed by atoms with E-state index in [9.17, 15) is 0 Å². The van der Waals surface area contributed by atoms with Crippen LogP contribution in [-0.4, -0.2) is 32.2 Å². The summed E-state index contributed by atoms with van der Waals surface area (Å²) >= 11 is 8.04. The van der Waals surface area contributed by atoms with E-state index in [1.165, 1.54) is 5.69 Å². The minimum Gasteiger partial charge on any atom is -0.497 e. The molecule has 3 rings (SSSR count). The van der Waals surface area contributed by atoms with E-state index in [2.05, 4.69) is 48.7 Å². The van der Waals surface area contributed by atoms with Gasteiger partial charge in [-0.05, 0) is 61.4 Å².